The van der Waals surface area contributed by atoms with Crippen LogP contribution in [0.4, 0.5) is 0 Å². The molecule has 0 aliphatic rings. The van der Waals surface area contributed by atoms with Crippen LogP contribution in [0.25, 0.3) is 0 Å². The molecule has 0 aromatic rings. The third-order valence-corrected chi connectivity index (χ3v) is 14.4. The maximum absolute atomic E-state index is 12.9. The second kappa shape index (κ2) is 63.2. The zero-order valence-electron chi connectivity index (χ0n) is 48.7. The van der Waals surface area contributed by atoms with Crippen molar-refractivity contribution < 1.29 is 23.8 Å². The highest BCUT2D eigenvalue weighted by Gasteiger charge is 2.18. The summed E-state index contributed by atoms with van der Waals surface area (Å²) in [5.41, 5.74) is 0. The minimum absolute atomic E-state index is 0.0835. The number of unbranched alkanes of at least 4 members (excludes halogenated alkanes) is 41. The molecule has 72 heavy (non-hydrogen) atoms. The van der Waals surface area contributed by atoms with Crippen molar-refractivity contribution in [2.45, 2.75) is 348 Å². The predicted molar refractivity (Wildman–Crippen MR) is 316 cm³/mol. The highest BCUT2D eigenvalue weighted by molar-refractivity contribution is 5.70. The van der Waals surface area contributed by atoms with Crippen molar-refractivity contribution in [3.8, 4) is 0 Å². The highest BCUT2D eigenvalue weighted by atomic mass is 16.6. The van der Waals surface area contributed by atoms with Crippen molar-refractivity contribution in [2.24, 2.45) is 0 Å². The molecule has 0 radical (unpaired) electrons. The first-order chi connectivity index (χ1) is 35.6. The van der Waals surface area contributed by atoms with Gasteiger partial charge in [-0.1, -0.05) is 320 Å². The van der Waals surface area contributed by atoms with E-state index in [0.717, 1.165) is 70.6 Å². The molecule has 0 aliphatic carbocycles. The van der Waals surface area contributed by atoms with Gasteiger partial charge in [-0.2, -0.15) is 0 Å². The molecule has 0 rings (SSSR count). The Labute approximate surface area is 450 Å². The van der Waals surface area contributed by atoms with Gasteiger partial charge in [0.15, 0.2) is 6.10 Å². The van der Waals surface area contributed by atoms with Gasteiger partial charge in [-0.05, 0) is 57.8 Å². The molecule has 0 N–H and O–H groups in total. The van der Waals surface area contributed by atoms with Crippen molar-refractivity contribution >= 4 is 11.9 Å². The van der Waals surface area contributed by atoms with Crippen LogP contribution in [-0.2, 0) is 23.8 Å². The maximum atomic E-state index is 12.9. The number of hydrogen-bond donors (Lipinski definition) is 0. The van der Waals surface area contributed by atoms with E-state index >= 15 is 0 Å². The molecule has 5 heteroatoms. The summed E-state index contributed by atoms with van der Waals surface area (Å²) in [5, 5.41) is 0. The van der Waals surface area contributed by atoms with Crippen LogP contribution in [0.3, 0.4) is 0 Å². The van der Waals surface area contributed by atoms with E-state index in [4.69, 9.17) is 14.2 Å². The van der Waals surface area contributed by atoms with E-state index in [9.17, 15) is 9.59 Å². The van der Waals surface area contributed by atoms with Gasteiger partial charge in [0.1, 0.15) is 6.61 Å². The Bertz CT molecular complexity index is 1190. The molecule has 0 saturated heterocycles. The van der Waals surface area contributed by atoms with E-state index in [0.29, 0.717) is 19.4 Å². The largest absolute Gasteiger partial charge is 0.462 e. The minimum Gasteiger partial charge on any atom is -0.462 e. The summed E-state index contributed by atoms with van der Waals surface area (Å²) in [6.07, 6.45) is 80.1. The van der Waals surface area contributed by atoms with E-state index < -0.39 is 6.10 Å². The lowest BCUT2D eigenvalue weighted by Gasteiger charge is -2.18. The van der Waals surface area contributed by atoms with E-state index in [2.05, 4.69) is 69.4 Å². The van der Waals surface area contributed by atoms with Gasteiger partial charge < -0.3 is 14.2 Å². The minimum atomic E-state index is -0.539. The lowest BCUT2D eigenvalue weighted by Crippen LogP contribution is -2.30. The third-order valence-electron chi connectivity index (χ3n) is 14.4. The third kappa shape index (κ3) is 60.4. The fourth-order valence-corrected chi connectivity index (χ4v) is 9.62. The first-order valence-electron chi connectivity index (χ1n) is 32.2. The van der Waals surface area contributed by atoms with Gasteiger partial charge in [0, 0.05) is 19.4 Å². The lowest BCUT2D eigenvalue weighted by atomic mass is 10.0. The van der Waals surface area contributed by atoms with Crippen molar-refractivity contribution in [1.82, 2.24) is 0 Å². The molecule has 1 atom stereocenters. The molecular weight excluding hydrogens is 885 g/mol. The molecule has 0 aromatic heterocycles. The van der Waals surface area contributed by atoms with Gasteiger partial charge in [0.25, 0.3) is 0 Å². The molecule has 0 saturated carbocycles. The second-order valence-corrected chi connectivity index (χ2v) is 21.7. The Balaban J connectivity index is 4.25. The molecular formula is C67H124O5. The Morgan fingerprint density at radius 1 is 0.319 bits per heavy atom. The van der Waals surface area contributed by atoms with E-state index in [1.807, 2.05) is 0 Å². The van der Waals surface area contributed by atoms with Crippen LogP contribution < -0.4 is 0 Å². The number of ether oxygens (including phenoxy) is 3. The Hall–Kier alpha value is -2.14. The van der Waals surface area contributed by atoms with Gasteiger partial charge in [-0.3, -0.25) is 9.59 Å². The summed E-state index contributed by atoms with van der Waals surface area (Å²) in [7, 11) is 0. The fourth-order valence-electron chi connectivity index (χ4n) is 9.62. The van der Waals surface area contributed by atoms with Crippen LogP contribution in [0.5, 0.6) is 0 Å². The van der Waals surface area contributed by atoms with Crippen LogP contribution in [0.1, 0.15) is 342 Å². The maximum Gasteiger partial charge on any atom is 0.306 e. The van der Waals surface area contributed by atoms with Crippen LogP contribution in [-0.4, -0.2) is 37.9 Å². The van der Waals surface area contributed by atoms with Crippen LogP contribution in [0.2, 0.25) is 0 Å². The summed E-state index contributed by atoms with van der Waals surface area (Å²) in [6.45, 7) is 7.78. The Kier molecular flexibility index (Phi) is 61.3. The topological polar surface area (TPSA) is 61.8 Å². The summed E-state index contributed by atoms with van der Waals surface area (Å²) in [5.74, 6) is -0.389. The smallest absolute Gasteiger partial charge is 0.306 e. The van der Waals surface area contributed by atoms with Crippen LogP contribution in [0, 0.1) is 0 Å². The van der Waals surface area contributed by atoms with E-state index in [-0.39, 0.29) is 25.2 Å². The van der Waals surface area contributed by atoms with Crippen LogP contribution >= 0.6 is 0 Å². The monoisotopic (exact) mass is 1010 g/mol. The average Bonchev–Trinajstić information content (AvgIpc) is 3.38. The fraction of sp³-hybridized carbons (Fsp3) is 0.851. The van der Waals surface area contributed by atoms with Gasteiger partial charge in [-0.15, -0.1) is 0 Å². The van der Waals surface area contributed by atoms with Gasteiger partial charge in [0.2, 0.25) is 0 Å². The quantitative estimate of drug-likeness (QED) is 0.0345. The summed E-state index contributed by atoms with van der Waals surface area (Å²) >= 11 is 0. The molecule has 422 valence electrons. The lowest BCUT2D eigenvalue weighted by molar-refractivity contribution is -0.163. The van der Waals surface area contributed by atoms with E-state index in [1.165, 1.54) is 238 Å². The summed E-state index contributed by atoms with van der Waals surface area (Å²) in [4.78, 5) is 25.6. The van der Waals surface area contributed by atoms with Crippen molar-refractivity contribution in [3.05, 3.63) is 48.6 Å². The van der Waals surface area contributed by atoms with Crippen molar-refractivity contribution in [2.75, 3.05) is 19.8 Å². The summed E-state index contributed by atoms with van der Waals surface area (Å²) < 4.78 is 17.6. The van der Waals surface area contributed by atoms with E-state index in [1.54, 1.807) is 0 Å². The van der Waals surface area contributed by atoms with Crippen molar-refractivity contribution in [3.63, 3.8) is 0 Å². The highest BCUT2D eigenvalue weighted by Crippen LogP contribution is 2.18. The Morgan fingerprint density at radius 2 is 0.625 bits per heavy atom. The van der Waals surface area contributed by atoms with Crippen molar-refractivity contribution in [1.29, 1.82) is 0 Å². The van der Waals surface area contributed by atoms with Gasteiger partial charge >= 0.3 is 11.9 Å². The number of carbonyl (C=O) groups is 2. The molecule has 5 nitrogen and oxygen atoms in total. The molecule has 0 bridgehead atoms. The molecule has 0 aliphatic heterocycles. The zero-order valence-corrected chi connectivity index (χ0v) is 48.7. The molecule has 0 aromatic carbocycles. The normalized spacial score (nSPS) is 12.4. The zero-order chi connectivity index (χ0) is 52.0. The number of allylic oxidation sites excluding steroid dienone is 8. The standard InChI is InChI=1S/C67H124O5/c1-4-7-10-13-16-19-22-25-28-31-34-36-39-42-45-48-51-54-57-60-66(68)71-64-65(63-70-62-59-56-53-50-47-44-41-38-33-30-27-24-21-18-15-12-9-6-3)72-67(69)61-58-55-52-49-46-43-40-37-35-32-29-26-23-20-17-14-11-8-5-2/h7,10,16,19,25,28,34,36,65H,4-6,8-9,11-15,17-18,20-24,26-27,29-33,35,37-64H2,1-3H3/b10-7-,19-16-,28-25-,36-34-. The first kappa shape index (κ1) is 69.9. The molecule has 0 spiro atoms. The number of esters is 2. The van der Waals surface area contributed by atoms with Gasteiger partial charge in [0.05, 0.1) is 6.61 Å². The first-order valence-corrected chi connectivity index (χ1v) is 32.2. The van der Waals surface area contributed by atoms with Crippen LogP contribution in [0.15, 0.2) is 48.6 Å². The number of carbonyl (C=O) groups excluding carboxylic acids is 2. The number of rotatable bonds is 60. The molecule has 0 heterocycles. The SMILES string of the molecule is CC/C=C\C/C=C\C/C=C\C/C=C\CCCCCCCCC(=O)OCC(COCCCCCCCCCCCCCCCCCCCC)OC(=O)CCCCCCCCCCCCCCCCCCCCC. The Morgan fingerprint density at radius 3 is 1.00 bits per heavy atom. The van der Waals surface area contributed by atoms with Gasteiger partial charge in [-0.25, -0.2) is 0 Å². The summed E-state index contributed by atoms with van der Waals surface area (Å²) in [6, 6.07) is 0. The molecule has 0 amide bonds. The predicted octanol–water partition coefficient (Wildman–Crippen LogP) is 22.2. The molecule has 1 unspecified atom stereocenters. The number of hydrogen-bond acceptors (Lipinski definition) is 5. The molecule has 0 fully saturated rings. The second-order valence-electron chi connectivity index (χ2n) is 21.7. The average molecular weight is 1010 g/mol.